The highest BCUT2D eigenvalue weighted by atomic mass is 32.2. The fourth-order valence-corrected chi connectivity index (χ4v) is 7.06. The average Bonchev–Trinajstić information content (AvgIpc) is 3.08. The van der Waals surface area contributed by atoms with Gasteiger partial charge in [-0.25, -0.2) is 36.9 Å². The summed E-state index contributed by atoms with van der Waals surface area (Å²) in [5, 5.41) is 4.01. The van der Waals surface area contributed by atoms with Crippen LogP contribution in [0.5, 0.6) is 11.6 Å². The number of ether oxygens (including phenoxy) is 2. The molecular weight excluding hydrogens is 679 g/mol. The van der Waals surface area contributed by atoms with Crippen LogP contribution in [0.25, 0.3) is 22.0 Å². The number of hydrogen-bond donors (Lipinski definition) is 2. The number of piperidine rings is 1. The van der Waals surface area contributed by atoms with Crippen LogP contribution in [0.3, 0.4) is 0 Å². The zero-order valence-corrected chi connectivity index (χ0v) is 29.4. The van der Waals surface area contributed by atoms with Gasteiger partial charge in [0.2, 0.25) is 21.9 Å². The van der Waals surface area contributed by atoms with Gasteiger partial charge >= 0.3 is 6.09 Å². The fraction of sp³-hybridized carbons (Fsp3) is 0.297. The molecule has 3 aromatic carbocycles. The molecule has 0 radical (unpaired) electrons. The van der Waals surface area contributed by atoms with Crippen molar-refractivity contribution in [2.75, 3.05) is 23.1 Å². The molecule has 51 heavy (non-hydrogen) atoms. The molecule has 5 aromatic rings. The first-order chi connectivity index (χ1) is 24.3. The zero-order valence-electron chi connectivity index (χ0n) is 28.6. The van der Waals surface area contributed by atoms with Crippen LogP contribution in [-0.4, -0.2) is 59.1 Å². The largest absolute Gasteiger partial charge is 0.444 e. The Hall–Kier alpha value is -5.37. The molecule has 0 bridgehead atoms. The maximum Gasteiger partial charge on any atom is 0.410 e. The van der Waals surface area contributed by atoms with Crippen LogP contribution in [0.15, 0.2) is 79.1 Å². The lowest BCUT2D eigenvalue weighted by Crippen LogP contribution is -2.47. The Morgan fingerprint density at radius 1 is 0.961 bits per heavy atom. The van der Waals surface area contributed by atoms with Crippen LogP contribution in [0.4, 0.5) is 25.2 Å². The van der Waals surface area contributed by atoms with Crippen molar-refractivity contribution in [2.45, 2.75) is 57.9 Å². The van der Waals surface area contributed by atoms with E-state index in [2.05, 4.69) is 20.0 Å². The van der Waals surface area contributed by atoms with E-state index in [1.165, 1.54) is 30.3 Å². The van der Waals surface area contributed by atoms with Gasteiger partial charge in [-0.1, -0.05) is 30.3 Å². The molecule has 0 saturated carbocycles. The van der Waals surface area contributed by atoms with Crippen LogP contribution >= 0.6 is 0 Å². The number of pyridine rings is 1. The fourth-order valence-electron chi connectivity index (χ4n) is 5.82. The van der Waals surface area contributed by atoms with E-state index in [1.54, 1.807) is 54.5 Å². The summed E-state index contributed by atoms with van der Waals surface area (Å²) in [5.74, 6) is -1.26. The Kier molecular flexibility index (Phi) is 10.1. The second-order valence-corrected chi connectivity index (χ2v) is 15.0. The van der Waals surface area contributed by atoms with Crippen LogP contribution in [-0.2, 0) is 20.5 Å². The third-order valence-corrected chi connectivity index (χ3v) is 9.37. The minimum absolute atomic E-state index is 0.0437. The summed E-state index contributed by atoms with van der Waals surface area (Å²) < 4.78 is 69.9. The highest BCUT2D eigenvalue weighted by Crippen LogP contribution is 2.40. The van der Waals surface area contributed by atoms with E-state index in [4.69, 9.17) is 14.5 Å². The van der Waals surface area contributed by atoms with E-state index in [1.807, 2.05) is 20.8 Å². The van der Waals surface area contributed by atoms with Crippen molar-refractivity contribution < 1.29 is 31.5 Å². The molecule has 1 fully saturated rings. The maximum atomic E-state index is 15.2. The number of amides is 1. The van der Waals surface area contributed by atoms with Gasteiger partial charge in [0.05, 0.1) is 22.7 Å². The predicted molar refractivity (Wildman–Crippen MR) is 191 cm³/mol. The summed E-state index contributed by atoms with van der Waals surface area (Å²) in [6, 6.07) is 16.6. The Morgan fingerprint density at radius 3 is 2.53 bits per heavy atom. The molecule has 11 nitrogen and oxygen atoms in total. The van der Waals surface area contributed by atoms with Crippen LogP contribution in [0.2, 0.25) is 0 Å². The highest BCUT2D eigenvalue weighted by molar-refractivity contribution is 7.91. The van der Waals surface area contributed by atoms with Crippen LogP contribution < -0.4 is 14.8 Å². The number of rotatable bonds is 9. The van der Waals surface area contributed by atoms with Gasteiger partial charge in [-0.15, -0.1) is 0 Å². The van der Waals surface area contributed by atoms with Crippen molar-refractivity contribution in [3.63, 3.8) is 0 Å². The van der Waals surface area contributed by atoms with E-state index < -0.39 is 33.0 Å². The molecule has 6 rings (SSSR count). The first-order valence-corrected chi connectivity index (χ1v) is 18.1. The average molecular weight is 717 g/mol. The molecule has 1 aliphatic heterocycles. The highest BCUT2D eigenvalue weighted by Gasteiger charge is 2.28. The summed E-state index contributed by atoms with van der Waals surface area (Å²) in [6.07, 6.45) is 4.42. The zero-order chi connectivity index (χ0) is 36.3. The van der Waals surface area contributed by atoms with E-state index in [-0.39, 0.29) is 34.7 Å². The molecule has 14 heteroatoms. The first-order valence-electron chi connectivity index (χ1n) is 16.4. The number of carbonyl (C=O) groups excluding carboxylic acids is 1. The monoisotopic (exact) mass is 716 g/mol. The normalized spacial score (nSPS) is 15.0. The van der Waals surface area contributed by atoms with Gasteiger partial charge in [0.15, 0.2) is 0 Å². The van der Waals surface area contributed by atoms with Crippen molar-refractivity contribution >= 4 is 38.5 Å². The minimum atomic E-state index is -4.21. The Labute approximate surface area is 295 Å². The molecule has 2 N–H and O–H groups in total. The van der Waals surface area contributed by atoms with Crippen molar-refractivity contribution in [1.29, 1.82) is 0 Å². The van der Waals surface area contributed by atoms with Gasteiger partial charge in [0.25, 0.3) is 0 Å². The smallest absolute Gasteiger partial charge is 0.410 e. The van der Waals surface area contributed by atoms with Gasteiger partial charge in [-0.3, -0.25) is 4.72 Å². The SMILES string of the molecule is Cc1ccc2c(NS(=O)(=O)Cc3ccccc3F)c(F)ccc2c1Oc1ncccc1-c1ccnc(N[C@@H]2CCCN(C(=O)OC(C)(C)C)C2)n1. The standard InChI is InChI=1S/C37H38F2N6O5S/c1-23-13-14-26-27(15-16-30(39)32(26)44-51(47,48)22-24-9-5-6-12-29(24)38)33(23)49-34-28(11-7-18-40-34)31-17-19-41-35(43-31)42-25-10-8-20-45(21-25)36(46)50-37(2,3)4/h5-7,9,11-19,25,44H,8,10,20-22H2,1-4H3,(H,41,42,43)/t25-/m1/s1. The number of sulfonamides is 1. The number of hydrogen-bond acceptors (Lipinski definition) is 9. The van der Waals surface area contributed by atoms with Crippen LogP contribution in [0, 0.1) is 18.6 Å². The molecule has 1 aliphatic rings. The molecule has 1 atom stereocenters. The summed E-state index contributed by atoms with van der Waals surface area (Å²) in [5.41, 5.74) is 0.825. The number of nitrogens with one attached hydrogen (secondary N) is 2. The lowest BCUT2D eigenvalue weighted by atomic mass is 10.0. The maximum absolute atomic E-state index is 15.2. The molecule has 266 valence electrons. The number of halogens is 2. The molecule has 0 unspecified atom stereocenters. The number of aryl methyl sites for hydroxylation is 1. The van der Waals surface area contributed by atoms with Gasteiger partial charge in [-0.2, -0.15) is 0 Å². The van der Waals surface area contributed by atoms with E-state index in [0.717, 1.165) is 18.9 Å². The molecular formula is C37H38F2N6O5S. The third-order valence-electron chi connectivity index (χ3n) is 8.17. The third kappa shape index (κ3) is 8.51. The van der Waals surface area contributed by atoms with Crippen molar-refractivity contribution in [3.8, 4) is 22.9 Å². The Morgan fingerprint density at radius 2 is 1.75 bits per heavy atom. The number of likely N-dealkylation sites (tertiary alicyclic amines) is 1. The van der Waals surface area contributed by atoms with Gasteiger partial charge < -0.3 is 19.7 Å². The Bertz CT molecular complexity index is 2190. The molecule has 1 amide bonds. The summed E-state index contributed by atoms with van der Waals surface area (Å²) >= 11 is 0. The lowest BCUT2D eigenvalue weighted by molar-refractivity contribution is 0.0206. The summed E-state index contributed by atoms with van der Waals surface area (Å²) in [7, 11) is -4.21. The summed E-state index contributed by atoms with van der Waals surface area (Å²) in [4.78, 5) is 28.0. The number of carbonyl (C=O) groups is 1. The number of benzene rings is 3. The number of anilines is 2. The van der Waals surface area contributed by atoms with E-state index in [0.29, 0.717) is 47.0 Å². The number of nitrogens with zero attached hydrogens (tertiary/aromatic N) is 4. The van der Waals surface area contributed by atoms with E-state index >= 15 is 4.39 Å². The van der Waals surface area contributed by atoms with Gasteiger partial charge in [-0.05, 0) is 82.5 Å². The number of fused-ring (bicyclic) bond motifs is 1. The second kappa shape index (κ2) is 14.5. The topological polar surface area (TPSA) is 136 Å². The lowest BCUT2D eigenvalue weighted by Gasteiger charge is -2.34. The molecule has 3 heterocycles. The molecule has 1 saturated heterocycles. The number of aromatic nitrogens is 3. The molecule has 2 aromatic heterocycles. The van der Waals surface area contributed by atoms with Gasteiger partial charge in [0.1, 0.15) is 23.0 Å². The van der Waals surface area contributed by atoms with E-state index in [9.17, 15) is 17.6 Å². The van der Waals surface area contributed by atoms with Gasteiger partial charge in [0, 0.05) is 47.9 Å². The van der Waals surface area contributed by atoms with Crippen molar-refractivity contribution in [1.82, 2.24) is 19.9 Å². The molecule has 0 spiro atoms. The molecule has 0 aliphatic carbocycles. The van der Waals surface area contributed by atoms with Crippen LogP contribution in [0.1, 0.15) is 44.7 Å². The first kappa shape index (κ1) is 35.5. The van der Waals surface area contributed by atoms with Crippen molar-refractivity contribution in [2.24, 2.45) is 0 Å². The van der Waals surface area contributed by atoms with Crippen molar-refractivity contribution in [3.05, 3.63) is 102 Å². The summed E-state index contributed by atoms with van der Waals surface area (Å²) in [6.45, 7) is 8.35. The Balaban J connectivity index is 1.26. The quantitative estimate of drug-likeness (QED) is 0.157. The minimum Gasteiger partial charge on any atom is -0.444 e. The second-order valence-electron chi connectivity index (χ2n) is 13.3. The predicted octanol–water partition coefficient (Wildman–Crippen LogP) is 7.82.